The van der Waals surface area contributed by atoms with E-state index >= 15 is 0 Å². The molecule has 4 heteroatoms. The standard InChI is InChI=1S/C11H24N2O2/c1-2-12-6-10-4-3-5-13(7-10)8-11(15)9-14/h10-12,14-15H,2-9H2,1H3. The van der Waals surface area contributed by atoms with Gasteiger partial charge in [-0.25, -0.2) is 0 Å². The number of piperidine rings is 1. The van der Waals surface area contributed by atoms with Crippen LogP contribution in [0.5, 0.6) is 0 Å². The van der Waals surface area contributed by atoms with Crippen molar-refractivity contribution in [3.8, 4) is 0 Å². The summed E-state index contributed by atoms with van der Waals surface area (Å²) in [6, 6.07) is 0. The molecule has 1 saturated heterocycles. The molecule has 0 aromatic heterocycles. The second-order valence-corrected chi connectivity index (χ2v) is 4.41. The van der Waals surface area contributed by atoms with E-state index in [4.69, 9.17) is 5.11 Å². The molecule has 4 nitrogen and oxygen atoms in total. The lowest BCUT2D eigenvalue weighted by Crippen LogP contribution is -2.43. The number of β-amino-alcohol motifs (C(OH)–C–C–N with tert-alkyl or cyclic N) is 1. The Morgan fingerprint density at radius 3 is 3.00 bits per heavy atom. The van der Waals surface area contributed by atoms with Gasteiger partial charge in [-0.15, -0.1) is 0 Å². The molecule has 2 atom stereocenters. The first-order chi connectivity index (χ1) is 7.26. The SMILES string of the molecule is CCNCC1CCCN(CC(O)CO)C1. The highest BCUT2D eigenvalue weighted by molar-refractivity contribution is 4.76. The van der Waals surface area contributed by atoms with Crippen LogP contribution in [-0.4, -0.2) is 60.5 Å². The Labute approximate surface area is 92.3 Å². The molecule has 15 heavy (non-hydrogen) atoms. The molecule has 1 aliphatic heterocycles. The molecule has 0 amide bonds. The van der Waals surface area contributed by atoms with E-state index in [0.717, 1.165) is 26.2 Å². The molecule has 0 radical (unpaired) electrons. The molecule has 0 aromatic carbocycles. The minimum Gasteiger partial charge on any atom is -0.394 e. The van der Waals surface area contributed by atoms with Crippen molar-refractivity contribution in [3.05, 3.63) is 0 Å². The van der Waals surface area contributed by atoms with Crippen LogP contribution in [0.15, 0.2) is 0 Å². The molecule has 1 fully saturated rings. The lowest BCUT2D eigenvalue weighted by molar-refractivity contribution is 0.0445. The number of nitrogens with zero attached hydrogens (tertiary/aromatic N) is 1. The first-order valence-electron chi connectivity index (χ1n) is 5.98. The molecule has 0 bridgehead atoms. The topological polar surface area (TPSA) is 55.7 Å². The van der Waals surface area contributed by atoms with Gasteiger partial charge in [-0.3, -0.25) is 0 Å². The average molecular weight is 216 g/mol. The van der Waals surface area contributed by atoms with Crippen molar-refractivity contribution in [2.45, 2.75) is 25.9 Å². The summed E-state index contributed by atoms with van der Waals surface area (Å²) >= 11 is 0. The summed E-state index contributed by atoms with van der Waals surface area (Å²) in [6.45, 7) is 6.80. The van der Waals surface area contributed by atoms with Crippen molar-refractivity contribution in [3.63, 3.8) is 0 Å². The predicted molar refractivity (Wildman–Crippen MR) is 60.8 cm³/mol. The van der Waals surface area contributed by atoms with Crippen molar-refractivity contribution in [2.75, 3.05) is 39.3 Å². The highest BCUT2D eigenvalue weighted by atomic mass is 16.3. The first-order valence-corrected chi connectivity index (χ1v) is 5.98. The molecule has 2 unspecified atom stereocenters. The van der Waals surface area contributed by atoms with Gasteiger partial charge < -0.3 is 20.4 Å². The zero-order valence-corrected chi connectivity index (χ0v) is 9.65. The van der Waals surface area contributed by atoms with E-state index in [1.54, 1.807) is 0 Å². The normalized spacial score (nSPS) is 25.4. The maximum atomic E-state index is 9.37. The summed E-state index contributed by atoms with van der Waals surface area (Å²) in [5.41, 5.74) is 0. The van der Waals surface area contributed by atoms with Crippen LogP contribution in [0.3, 0.4) is 0 Å². The number of nitrogens with one attached hydrogen (secondary N) is 1. The van der Waals surface area contributed by atoms with E-state index < -0.39 is 6.10 Å². The number of hydrogen-bond acceptors (Lipinski definition) is 4. The largest absolute Gasteiger partial charge is 0.394 e. The highest BCUT2D eigenvalue weighted by Crippen LogP contribution is 2.15. The average Bonchev–Trinajstić information content (AvgIpc) is 2.26. The van der Waals surface area contributed by atoms with Gasteiger partial charge >= 0.3 is 0 Å². The van der Waals surface area contributed by atoms with Gasteiger partial charge in [-0.1, -0.05) is 6.92 Å². The van der Waals surface area contributed by atoms with Gasteiger partial charge in [-0.2, -0.15) is 0 Å². The van der Waals surface area contributed by atoms with E-state index in [-0.39, 0.29) is 6.61 Å². The quantitative estimate of drug-likeness (QED) is 0.569. The van der Waals surface area contributed by atoms with Crippen molar-refractivity contribution >= 4 is 0 Å². The molecule has 1 heterocycles. The molecular weight excluding hydrogens is 192 g/mol. The Balaban J connectivity index is 2.22. The zero-order chi connectivity index (χ0) is 11.1. The van der Waals surface area contributed by atoms with Crippen LogP contribution in [0.2, 0.25) is 0 Å². The van der Waals surface area contributed by atoms with Crippen LogP contribution in [0.25, 0.3) is 0 Å². The minimum absolute atomic E-state index is 0.131. The van der Waals surface area contributed by atoms with E-state index in [2.05, 4.69) is 17.1 Å². The first kappa shape index (κ1) is 12.9. The number of likely N-dealkylation sites (tertiary alicyclic amines) is 1. The smallest absolute Gasteiger partial charge is 0.0897 e. The van der Waals surface area contributed by atoms with Crippen LogP contribution in [0.1, 0.15) is 19.8 Å². The molecule has 3 N–H and O–H groups in total. The zero-order valence-electron chi connectivity index (χ0n) is 9.65. The summed E-state index contributed by atoms with van der Waals surface area (Å²) < 4.78 is 0. The molecular formula is C11H24N2O2. The molecule has 0 aliphatic carbocycles. The van der Waals surface area contributed by atoms with Gasteiger partial charge in [0.2, 0.25) is 0 Å². The second-order valence-electron chi connectivity index (χ2n) is 4.41. The molecule has 0 saturated carbocycles. The fraction of sp³-hybridized carbons (Fsp3) is 1.00. The third-order valence-electron chi connectivity index (χ3n) is 2.97. The third kappa shape index (κ3) is 4.93. The molecule has 0 spiro atoms. The van der Waals surface area contributed by atoms with Crippen LogP contribution >= 0.6 is 0 Å². The Kier molecular flexibility index (Phi) is 6.17. The summed E-state index contributed by atoms with van der Waals surface area (Å²) in [5, 5.41) is 21.5. The van der Waals surface area contributed by atoms with Gasteiger partial charge in [0, 0.05) is 13.1 Å². The van der Waals surface area contributed by atoms with E-state index in [0.29, 0.717) is 12.5 Å². The van der Waals surface area contributed by atoms with Crippen LogP contribution in [0, 0.1) is 5.92 Å². The van der Waals surface area contributed by atoms with E-state index in [9.17, 15) is 5.11 Å². The van der Waals surface area contributed by atoms with Crippen molar-refractivity contribution < 1.29 is 10.2 Å². The van der Waals surface area contributed by atoms with Crippen molar-refractivity contribution in [2.24, 2.45) is 5.92 Å². The van der Waals surface area contributed by atoms with Gasteiger partial charge in [0.1, 0.15) is 0 Å². The van der Waals surface area contributed by atoms with Gasteiger partial charge in [0.05, 0.1) is 12.7 Å². The number of rotatable bonds is 6. The molecule has 0 aromatic rings. The second kappa shape index (κ2) is 7.17. The maximum absolute atomic E-state index is 9.37. The number of hydrogen-bond donors (Lipinski definition) is 3. The minimum atomic E-state index is -0.581. The number of aliphatic hydroxyl groups is 2. The van der Waals surface area contributed by atoms with Crippen LogP contribution < -0.4 is 5.32 Å². The summed E-state index contributed by atoms with van der Waals surface area (Å²) in [7, 11) is 0. The molecule has 1 aliphatic rings. The molecule has 1 rings (SSSR count). The van der Waals surface area contributed by atoms with Crippen LogP contribution in [0.4, 0.5) is 0 Å². The fourth-order valence-corrected chi connectivity index (χ4v) is 2.19. The maximum Gasteiger partial charge on any atom is 0.0897 e. The third-order valence-corrected chi connectivity index (χ3v) is 2.97. The lowest BCUT2D eigenvalue weighted by atomic mass is 9.98. The van der Waals surface area contributed by atoms with Crippen molar-refractivity contribution in [1.82, 2.24) is 10.2 Å². The van der Waals surface area contributed by atoms with Crippen LogP contribution in [-0.2, 0) is 0 Å². The van der Waals surface area contributed by atoms with E-state index in [1.807, 2.05) is 0 Å². The fourth-order valence-electron chi connectivity index (χ4n) is 2.19. The van der Waals surface area contributed by atoms with Gasteiger partial charge in [-0.05, 0) is 38.4 Å². The summed E-state index contributed by atoms with van der Waals surface area (Å²) in [6.07, 6.45) is 1.90. The Morgan fingerprint density at radius 1 is 1.53 bits per heavy atom. The van der Waals surface area contributed by atoms with Gasteiger partial charge in [0.25, 0.3) is 0 Å². The van der Waals surface area contributed by atoms with E-state index in [1.165, 1.54) is 12.8 Å². The van der Waals surface area contributed by atoms with Crippen molar-refractivity contribution in [1.29, 1.82) is 0 Å². The lowest BCUT2D eigenvalue weighted by Gasteiger charge is -2.33. The monoisotopic (exact) mass is 216 g/mol. The summed E-state index contributed by atoms with van der Waals surface area (Å²) in [4.78, 5) is 2.26. The predicted octanol–water partition coefficient (Wildman–Crippen LogP) is -0.339. The van der Waals surface area contributed by atoms with Gasteiger partial charge in [0.15, 0.2) is 0 Å². The molecule has 90 valence electrons. The Morgan fingerprint density at radius 2 is 2.33 bits per heavy atom. The summed E-state index contributed by atoms with van der Waals surface area (Å²) in [5.74, 6) is 0.699. The Bertz CT molecular complexity index is 167. The Hall–Kier alpha value is -0.160. The number of aliphatic hydroxyl groups excluding tert-OH is 2. The highest BCUT2D eigenvalue weighted by Gasteiger charge is 2.20.